The summed E-state index contributed by atoms with van der Waals surface area (Å²) in [6.45, 7) is 0. The van der Waals surface area contributed by atoms with Gasteiger partial charge in [-0.1, -0.05) is 0 Å². The molecule has 76 valence electrons. The highest BCUT2D eigenvalue weighted by Gasteiger charge is 2.02. The molecule has 5 nitrogen and oxygen atoms in total. The molecule has 0 aliphatic heterocycles. The Kier molecular flexibility index (Phi) is 2.77. The largest absolute Gasteiger partial charge is 0.298 e. The molecule has 0 unspecified atom stereocenters. The first-order chi connectivity index (χ1) is 7.28. The highest BCUT2D eigenvalue weighted by molar-refractivity contribution is 7.99. The van der Waals surface area contributed by atoms with Gasteiger partial charge < -0.3 is 0 Å². The fourth-order valence-electron chi connectivity index (χ4n) is 0.997. The zero-order valence-corrected chi connectivity index (χ0v) is 8.81. The molecule has 0 saturated carbocycles. The Bertz CT molecular complexity index is 465. The standard InChI is InChI=1S/C9H8N4OS/c1-13-5-8(4-12-13)15-9-10-2-7(6-14)3-11-9/h2-6H,1H3. The van der Waals surface area contributed by atoms with Crippen LogP contribution in [0.3, 0.4) is 0 Å². The van der Waals surface area contributed by atoms with Crippen molar-refractivity contribution in [2.45, 2.75) is 10.1 Å². The van der Waals surface area contributed by atoms with E-state index in [1.54, 1.807) is 10.9 Å². The van der Waals surface area contributed by atoms with E-state index in [4.69, 9.17) is 0 Å². The summed E-state index contributed by atoms with van der Waals surface area (Å²) in [5, 5.41) is 4.64. The van der Waals surface area contributed by atoms with Gasteiger partial charge in [-0.3, -0.25) is 9.48 Å². The number of rotatable bonds is 3. The van der Waals surface area contributed by atoms with E-state index in [0.717, 1.165) is 11.2 Å². The summed E-state index contributed by atoms with van der Waals surface area (Å²) >= 11 is 1.41. The minimum absolute atomic E-state index is 0.477. The predicted octanol–water partition coefficient (Wildman–Crippen LogP) is 1.17. The third-order valence-electron chi connectivity index (χ3n) is 1.67. The molecular weight excluding hydrogens is 212 g/mol. The summed E-state index contributed by atoms with van der Waals surface area (Å²) in [5.41, 5.74) is 0.477. The molecule has 0 saturated heterocycles. The number of hydrogen-bond acceptors (Lipinski definition) is 5. The maximum Gasteiger partial charge on any atom is 0.192 e. The third-order valence-corrected chi connectivity index (χ3v) is 2.51. The first-order valence-corrected chi connectivity index (χ1v) is 5.03. The molecule has 2 aromatic rings. The molecule has 0 fully saturated rings. The Morgan fingerprint density at radius 1 is 1.33 bits per heavy atom. The zero-order chi connectivity index (χ0) is 10.7. The minimum atomic E-state index is 0.477. The SMILES string of the molecule is Cn1cc(Sc2ncc(C=O)cn2)cn1. The summed E-state index contributed by atoms with van der Waals surface area (Å²) < 4.78 is 1.71. The first kappa shape index (κ1) is 9.85. The Balaban J connectivity index is 2.14. The molecule has 0 bridgehead atoms. The summed E-state index contributed by atoms with van der Waals surface area (Å²) in [4.78, 5) is 19.4. The number of carbonyl (C=O) groups excluding carboxylic acids is 1. The molecule has 2 heterocycles. The van der Waals surface area contributed by atoms with Crippen LogP contribution in [0.2, 0.25) is 0 Å². The average molecular weight is 220 g/mol. The smallest absolute Gasteiger partial charge is 0.192 e. The maximum atomic E-state index is 10.4. The van der Waals surface area contributed by atoms with Crippen molar-refractivity contribution in [3.05, 3.63) is 30.4 Å². The molecule has 6 heteroatoms. The van der Waals surface area contributed by atoms with Crippen molar-refractivity contribution in [2.24, 2.45) is 7.05 Å². The van der Waals surface area contributed by atoms with E-state index in [2.05, 4.69) is 15.1 Å². The highest BCUT2D eigenvalue weighted by Crippen LogP contribution is 2.22. The Morgan fingerprint density at radius 2 is 2.07 bits per heavy atom. The van der Waals surface area contributed by atoms with Crippen LogP contribution in [0, 0.1) is 0 Å². The summed E-state index contributed by atoms with van der Waals surface area (Å²) in [6.07, 6.45) is 7.33. The molecule has 0 amide bonds. The van der Waals surface area contributed by atoms with Gasteiger partial charge in [-0.25, -0.2) is 9.97 Å². The van der Waals surface area contributed by atoms with E-state index in [-0.39, 0.29) is 0 Å². The quantitative estimate of drug-likeness (QED) is 0.574. The number of aromatic nitrogens is 4. The molecule has 0 N–H and O–H groups in total. The van der Waals surface area contributed by atoms with Crippen molar-refractivity contribution in [3.63, 3.8) is 0 Å². The van der Waals surface area contributed by atoms with Crippen molar-refractivity contribution in [1.82, 2.24) is 19.7 Å². The highest BCUT2D eigenvalue weighted by atomic mass is 32.2. The first-order valence-electron chi connectivity index (χ1n) is 4.21. The lowest BCUT2D eigenvalue weighted by atomic mass is 10.4. The lowest BCUT2D eigenvalue weighted by molar-refractivity contribution is 0.112. The second kappa shape index (κ2) is 4.22. The van der Waals surface area contributed by atoms with Gasteiger partial charge in [-0.2, -0.15) is 5.10 Å². The number of aryl methyl sites for hydroxylation is 1. The van der Waals surface area contributed by atoms with Crippen LogP contribution in [-0.2, 0) is 7.05 Å². The van der Waals surface area contributed by atoms with Crippen LogP contribution in [0.15, 0.2) is 34.8 Å². The van der Waals surface area contributed by atoms with Crippen LogP contribution in [0.1, 0.15) is 10.4 Å². The van der Waals surface area contributed by atoms with Gasteiger partial charge in [0, 0.05) is 25.6 Å². The van der Waals surface area contributed by atoms with Crippen LogP contribution in [-0.4, -0.2) is 26.0 Å². The van der Waals surface area contributed by atoms with Gasteiger partial charge in [0.1, 0.15) is 0 Å². The van der Waals surface area contributed by atoms with Gasteiger partial charge in [0.15, 0.2) is 11.4 Å². The molecule has 2 aromatic heterocycles. The summed E-state index contributed by atoms with van der Waals surface area (Å²) in [5.74, 6) is 0. The molecule has 0 radical (unpaired) electrons. The van der Waals surface area contributed by atoms with Crippen LogP contribution in [0.5, 0.6) is 0 Å². The van der Waals surface area contributed by atoms with Gasteiger partial charge in [0.25, 0.3) is 0 Å². The van der Waals surface area contributed by atoms with Gasteiger partial charge in [-0.05, 0) is 11.8 Å². The molecule has 0 aromatic carbocycles. The Hall–Kier alpha value is -1.69. The number of aldehydes is 1. The van der Waals surface area contributed by atoms with Crippen molar-refractivity contribution in [1.29, 1.82) is 0 Å². The summed E-state index contributed by atoms with van der Waals surface area (Å²) in [7, 11) is 1.85. The van der Waals surface area contributed by atoms with E-state index in [9.17, 15) is 4.79 Å². The number of hydrogen-bond donors (Lipinski definition) is 0. The second-order valence-electron chi connectivity index (χ2n) is 2.87. The molecule has 0 atom stereocenters. The number of nitrogens with zero attached hydrogens (tertiary/aromatic N) is 4. The number of carbonyl (C=O) groups is 1. The average Bonchev–Trinajstić information content (AvgIpc) is 2.65. The van der Waals surface area contributed by atoms with Crippen LogP contribution < -0.4 is 0 Å². The lowest BCUT2D eigenvalue weighted by Gasteiger charge is -1.95. The topological polar surface area (TPSA) is 60.7 Å². The Labute approximate surface area is 90.5 Å². The van der Waals surface area contributed by atoms with E-state index < -0.39 is 0 Å². The van der Waals surface area contributed by atoms with E-state index in [0.29, 0.717) is 10.7 Å². The summed E-state index contributed by atoms with van der Waals surface area (Å²) in [6, 6.07) is 0. The van der Waals surface area contributed by atoms with E-state index in [1.807, 2.05) is 13.2 Å². The Morgan fingerprint density at radius 3 is 2.60 bits per heavy atom. The zero-order valence-electron chi connectivity index (χ0n) is 7.99. The van der Waals surface area contributed by atoms with Crippen molar-refractivity contribution in [3.8, 4) is 0 Å². The van der Waals surface area contributed by atoms with Crippen molar-refractivity contribution in [2.75, 3.05) is 0 Å². The minimum Gasteiger partial charge on any atom is -0.298 e. The van der Waals surface area contributed by atoms with Crippen molar-refractivity contribution < 1.29 is 4.79 Å². The molecule has 0 aliphatic carbocycles. The maximum absolute atomic E-state index is 10.4. The second-order valence-corrected chi connectivity index (χ2v) is 3.91. The molecule has 0 aliphatic rings. The molecule has 0 spiro atoms. The van der Waals surface area contributed by atoms with E-state index in [1.165, 1.54) is 24.2 Å². The predicted molar refractivity (Wildman–Crippen MR) is 54.8 cm³/mol. The van der Waals surface area contributed by atoms with Crippen LogP contribution in [0.25, 0.3) is 0 Å². The molecule has 2 rings (SSSR count). The lowest BCUT2D eigenvalue weighted by Crippen LogP contribution is -1.88. The van der Waals surface area contributed by atoms with Gasteiger partial charge in [0.05, 0.1) is 16.7 Å². The van der Waals surface area contributed by atoms with E-state index >= 15 is 0 Å². The fraction of sp³-hybridized carbons (Fsp3) is 0.111. The fourth-order valence-corrected chi connectivity index (χ4v) is 1.72. The third kappa shape index (κ3) is 2.41. The normalized spacial score (nSPS) is 10.2. The molecular formula is C9H8N4OS. The van der Waals surface area contributed by atoms with Crippen LogP contribution >= 0.6 is 11.8 Å². The monoisotopic (exact) mass is 220 g/mol. The van der Waals surface area contributed by atoms with Crippen LogP contribution in [0.4, 0.5) is 0 Å². The van der Waals surface area contributed by atoms with Gasteiger partial charge in [-0.15, -0.1) is 0 Å². The van der Waals surface area contributed by atoms with Crippen molar-refractivity contribution >= 4 is 18.0 Å². The van der Waals surface area contributed by atoms with Gasteiger partial charge in [0.2, 0.25) is 0 Å². The molecule has 15 heavy (non-hydrogen) atoms. The van der Waals surface area contributed by atoms with Gasteiger partial charge >= 0.3 is 0 Å².